The summed E-state index contributed by atoms with van der Waals surface area (Å²) in [6, 6.07) is 14.7. The molecule has 0 fully saturated rings. The predicted molar refractivity (Wildman–Crippen MR) is 92.9 cm³/mol. The second kappa shape index (κ2) is 6.42. The lowest BCUT2D eigenvalue weighted by Crippen LogP contribution is -3.10. The van der Waals surface area contributed by atoms with Crippen molar-refractivity contribution in [2.45, 2.75) is 26.1 Å². The summed E-state index contributed by atoms with van der Waals surface area (Å²) in [5, 5.41) is 12.3. The molecule has 7 heteroatoms. The van der Waals surface area contributed by atoms with Gasteiger partial charge in [-0.15, -0.1) is 5.10 Å². The largest absolute Gasteiger partial charge is 0.454 e. The number of nitrogens with zero attached hydrogens (tertiary/aromatic N) is 4. The van der Waals surface area contributed by atoms with Crippen molar-refractivity contribution >= 4 is 0 Å². The van der Waals surface area contributed by atoms with Crippen LogP contribution in [0, 0.1) is 0 Å². The molecule has 0 saturated heterocycles. The van der Waals surface area contributed by atoms with E-state index in [1.165, 1.54) is 16.0 Å². The maximum atomic E-state index is 5.46. The van der Waals surface area contributed by atoms with E-state index in [1.54, 1.807) is 0 Å². The van der Waals surface area contributed by atoms with Gasteiger partial charge in [-0.1, -0.05) is 30.3 Å². The average molecular weight is 350 g/mol. The van der Waals surface area contributed by atoms with Gasteiger partial charge in [0.2, 0.25) is 12.6 Å². The molecule has 0 saturated carbocycles. The molecule has 0 spiro atoms. The van der Waals surface area contributed by atoms with Crippen molar-refractivity contribution in [1.82, 2.24) is 20.2 Å². The van der Waals surface area contributed by atoms with Crippen molar-refractivity contribution < 1.29 is 14.4 Å². The summed E-state index contributed by atoms with van der Waals surface area (Å²) in [5.74, 6) is 2.49. The molecule has 3 heterocycles. The van der Waals surface area contributed by atoms with Crippen LogP contribution in [0.15, 0.2) is 42.5 Å². The number of ether oxygens (including phenoxy) is 2. The molecule has 2 aliphatic rings. The van der Waals surface area contributed by atoms with Gasteiger partial charge in [-0.25, -0.2) is 4.68 Å². The Kier molecular flexibility index (Phi) is 3.79. The molecule has 7 nitrogen and oxygen atoms in total. The van der Waals surface area contributed by atoms with Gasteiger partial charge in [-0.3, -0.25) is 0 Å². The second-order valence-corrected chi connectivity index (χ2v) is 6.81. The van der Waals surface area contributed by atoms with Crippen molar-refractivity contribution in [3.05, 3.63) is 65.0 Å². The Hall–Kier alpha value is -2.93. The Labute approximate surface area is 151 Å². The van der Waals surface area contributed by atoms with E-state index in [0.717, 1.165) is 48.9 Å². The molecular weight excluding hydrogens is 330 g/mol. The van der Waals surface area contributed by atoms with E-state index in [-0.39, 0.29) is 6.79 Å². The fourth-order valence-corrected chi connectivity index (χ4v) is 3.70. The third-order valence-electron chi connectivity index (χ3n) is 5.09. The van der Waals surface area contributed by atoms with E-state index >= 15 is 0 Å². The van der Waals surface area contributed by atoms with Gasteiger partial charge in [0.15, 0.2) is 11.5 Å². The minimum absolute atomic E-state index is 0.286. The first-order chi connectivity index (χ1) is 12.8. The third-order valence-corrected chi connectivity index (χ3v) is 5.09. The fourth-order valence-electron chi connectivity index (χ4n) is 3.70. The number of aromatic nitrogens is 4. The third kappa shape index (κ3) is 2.90. The van der Waals surface area contributed by atoms with Crippen LogP contribution in [-0.2, 0) is 26.1 Å². The molecule has 1 atom stereocenters. The van der Waals surface area contributed by atoms with Crippen LogP contribution in [0.5, 0.6) is 11.5 Å². The standard InChI is InChI=1S/C19H19N5O2/c1-2-4-16-11-23(8-7-15(16)3-1)12-19-20-21-22-24(19)10-14-5-6-17-18(9-14)26-13-25-17/h1-6,9H,7-8,10-13H2/p+1. The average Bonchev–Trinajstić information content (AvgIpc) is 3.31. The number of quaternary nitrogens is 1. The molecule has 3 aromatic rings. The smallest absolute Gasteiger partial charge is 0.231 e. The summed E-state index contributed by atoms with van der Waals surface area (Å²) in [4.78, 5) is 1.49. The lowest BCUT2D eigenvalue weighted by Gasteiger charge is -2.25. The minimum atomic E-state index is 0.286. The minimum Gasteiger partial charge on any atom is -0.454 e. The van der Waals surface area contributed by atoms with Gasteiger partial charge in [-0.2, -0.15) is 0 Å². The van der Waals surface area contributed by atoms with E-state index in [9.17, 15) is 0 Å². The van der Waals surface area contributed by atoms with Gasteiger partial charge < -0.3 is 14.4 Å². The van der Waals surface area contributed by atoms with E-state index in [0.29, 0.717) is 6.54 Å². The molecule has 0 amide bonds. The van der Waals surface area contributed by atoms with Crippen LogP contribution in [0.25, 0.3) is 0 Å². The number of rotatable bonds is 4. The predicted octanol–water partition coefficient (Wildman–Crippen LogP) is 0.591. The molecule has 26 heavy (non-hydrogen) atoms. The topological polar surface area (TPSA) is 66.5 Å². The first kappa shape index (κ1) is 15.3. The number of nitrogens with one attached hydrogen (secondary N) is 1. The van der Waals surface area contributed by atoms with Crippen molar-refractivity contribution in [3.8, 4) is 11.5 Å². The highest BCUT2D eigenvalue weighted by Crippen LogP contribution is 2.32. The van der Waals surface area contributed by atoms with Crippen LogP contribution in [0.3, 0.4) is 0 Å². The van der Waals surface area contributed by atoms with Crippen LogP contribution < -0.4 is 14.4 Å². The highest BCUT2D eigenvalue weighted by Gasteiger charge is 2.22. The molecule has 2 aliphatic heterocycles. The summed E-state index contributed by atoms with van der Waals surface area (Å²) in [5.41, 5.74) is 4.00. The number of tetrazole rings is 1. The molecule has 132 valence electrons. The van der Waals surface area contributed by atoms with Crippen molar-refractivity contribution in [1.29, 1.82) is 0 Å². The molecule has 1 unspecified atom stereocenters. The van der Waals surface area contributed by atoms with E-state index in [1.807, 2.05) is 22.9 Å². The number of fused-ring (bicyclic) bond motifs is 2. The second-order valence-electron chi connectivity index (χ2n) is 6.81. The van der Waals surface area contributed by atoms with Crippen molar-refractivity contribution in [2.24, 2.45) is 0 Å². The molecule has 0 radical (unpaired) electrons. The van der Waals surface area contributed by atoms with Crippen molar-refractivity contribution in [2.75, 3.05) is 13.3 Å². The first-order valence-electron chi connectivity index (χ1n) is 8.89. The van der Waals surface area contributed by atoms with Crippen LogP contribution in [0.2, 0.25) is 0 Å². The summed E-state index contributed by atoms with van der Waals surface area (Å²) < 4.78 is 12.7. The Bertz CT molecular complexity index is 939. The van der Waals surface area contributed by atoms with Gasteiger partial charge >= 0.3 is 0 Å². The van der Waals surface area contributed by atoms with Crippen LogP contribution >= 0.6 is 0 Å². The lowest BCUT2D eigenvalue weighted by atomic mass is 10.00. The van der Waals surface area contributed by atoms with Gasteiger partial charge in [0.05, 0.1) is 13.1 Å². The van der Waals surface area contributed by atoms with Gasteiger partial charge in [0.25, 0.3) is 0 Å². The van der Waals surface area contributed by atoms with Gasteiger partial charge in [0.1, 0.15) is 13.1 Å². The van der Waals surface area contributed by atoms with E-state index in [4.69, 9.17) is 9.47 Å². The molecule has 1 aromatic heterocycles. The van der Waals surface area contributed by atoms with Crippen LogP contribution in [0.4, 0.5) is 0 Å². The van der Waals surface area contributed by atoms with E-state index < -0.39 is 0 Å². The summed E-state index contributed by atoms with van der Waals surface area (Å²) in [6.07, 6.45) is 1.11. The highest BCUT2D eigenvalue weighted by atomic mass is 16.7. The zero-order chi connectivity index (χ0) is 17.3. The maximum absolute atomic E-state index is 5.46. The molecular formula is C19H20N5O2+. The quantitative estimate of drug-likeness (QED) is 0.746. The number of benzene rings is 2. The van der Waals surface area contributed by atoms with E-state index in [2.05, 4.69) is 39.8 Å². The summed E-state index contributed by atoms with van der Waals surface area (Å²) in [6.45, 7) is 3.87. The summed E-state index contributed by atoms with van der Waals surface area (Å²) in [7, 11) is 0. The lowest BCUT2D eigenvalue weighted by molar-refractivity contribution is -0.930. The number of hydrogen-bond donors (Lipinski definition) is 1. The Balaban J connectivity index is 1.31. The molecule has 0 aliphatic carbocycles. The summed E-state index contributed by atoms with van der Waals surface area (Å²) >= 11 is 0. The maximum Gasteiger partial charge on any atom is 0.231 e. The fraction of sp³-hybridized carbons (Fsp3) is 0.316. The van der Waals surface area contributed by atoms with Crippen LogP contribution in [0.1, 0.15) is 22.5 Å². The van der Waals surface area contributed by atoms with Gasteiger partial charge in [-0.05, 0) is 33.7 Å². The first-order valence-corrected chi connectivity index (χ1v) is 8.89. The molecule has 2 aromatic carbocycles. The molecule has 5 rings (SSSR count). The number of hydrogen-bond acceptors (Lipinski definition) is 5. The zero-order valence-corrected chi connectivity index (χ0v) is 14.4. The Morgan fingerprint density at radius 1 is 1.04 bits per heavy atom. The van der Waals surface area contributed by atoms with Crippen LogP contribution in [-0.4, -0.2) is 33.5 Å². The Morgan fingerprint density at radius 3 is 2.88 bits per heavy atom. The molecule has 1 N–H and O–H groups in total. The van der Waals surface area contributed by atoms with Gasteiger partial charge in [0, 0.05) is 12.0 Å². The molecule has 0 bridgehead atoms. The van der Waals surface area contributed by atoms with Crippen molar-refractivity contribution in [3.63, 3.8) is 0 Å². The highest BCUT2D eigenvalue weighted by molar-refractivity contribution is 5.44. The SMILES string of the molecule is c1ccc2c(c1)CC[NH+](Cc1nnnn1Cc1ccc3c(c1)OCO3)C2. The zero-order valence-electron chi connectivity index (χ0n) is 14.4. The monoisotopic (exact) mass is 350 g/mol. The normalized spacial score (nSPS) is 17.9. The Morgan fingerprint density at radius 2 is 1.92 bits per heavy atom.